The Bertz CT molecular complexity index is 762. The summed E-state index contributed by atoms with van der Waals surface area (Å²) in [6.45, 7) is 6.42. The molecule has 0 spiro atoms. The fraction of sp³-hybridized carbons (Fsp3) is 0.438. The van der Waals surface area contributed by atoms with E-state index in [4.69, 9.17) is 9.47 Å². The number of carbonyl (C=O) groups excluding carboxylic acids is 1. The zero-order valence-corrected chi connectivity index (χ0v) is 14.3. The van der Waals surface area contributed by atoms with Crippen molar-refractivity contribution < 1.29 is 22.7 Å². The van der Waals surface area contributed by atoms with E-state index in [1.54, 1.807) is 11.0 Å². The second-order valence-electron chi connectivity index (χ2n) is 5.68. The van der Waals surface area contributed by atoms with Gasteiger partial charge in [-0.2, -0.15) is 4.31 Å². The van der Waals surface area contributed by atoms with Gasteiger partial charge in [0.1, 0.15) is 0 Å². The Balaban J connectivity index is 1.83. The van der Waals surface area contributed by atoms with Gasteiger partial charge in [-0.25, -0.2) is 8.42 Å². The number of fused-ring (bicyclic) bond motifs is 1. The lowest BCUT2D eigenvalue weighted by molar-refractivity contribution is -0.130. The Morgan fingerprint density at radius 1 is 1.33 bits per heavy atom. The Morgan fingerprint density at radius 2 is 2.08 bits per heavy atom. The first-order valence-electron chi connectivity index (χ1n) is 7.80. The summed E-state index contributed by atoms with van der Waals surface area (Å²) in [5.74, 6) is 0.812. The molecule has 130 valence electrons. The van der Waals surface area contributed by atoms with E-state index >= 15 is 0 Å². The van der Waals surface area contributed by atoms with Crippen LogP contribution in [0.2, 0.25) is 0 Å². The standard InChI is InChI=1S/C16H20N2O5S/c1-3-12-10-17(7-8-18(12)16(19)4-2)24(20,21)13-5-6-14-15(9-13)23-11-22-14/h4-6,9,12H,2-3,7-8,10-11H2,1H3/t12-/m0/s1. The van der Waals surface area contributed by atoms with Crippen LogP contribution >= 0.6 is 0 Å². The van der Waals surface area contributed by atoms with E-state index in [1.807, 2.05) is 6.92 Å². The van der Waals surface area contributed by atoms with E-state index in [9.17, 15) is 13.2 Å². The lowest BCUT2D eigenvalue weighted by Gasteiger charge is -2.40. The van der Waals surface area contributed by atoms with E-state index in [0.717, 1.165) is 0 Å². The van der Waals surface area contributed by atoms with Gasteiger partial charge in [0.25, 0.3) is 0 Å². The van der Waals surface area contributed by atoms with E-state index in [-0.39, 0.29) is 36.7 Å². The number of hydrogen-bond donors (Lipinski definition) is 0. The van der Waals surface area contributed by atoms with Crippen molar-refractivity contribution in [2.75, 3.05) is 26.4 Å². The molecule has 24 heavy (non-hydrogen) atoms. The van der Waals surface area contributed by atoms with Gasteiger partial charge in [0.2, 0.25) is 22.7 Å². The number of ether oxygens (including phenoxy) is 2. The van der Waals surface area contributed by atoms with Crippen molar-refractivity contribution in [3.8, 4) is 11.5 Å². The third kappa shape index (κ3) is 2.87. The third-order valence-corrected chi connectivity index (χ3v) is 6.22. The van der Waals surface area contributed by atoms with Crippen LogP contribution in [0.15, 0.2) is 35.7 Å². The lowest BCUT2D eigenvalue weighted by Crippen LogP contribution is -2.55. The van der Waals surface area contributed by atoms with Crippen LogP contribution in [0.5, 0.6) is 11.5 Å². The summed E-state index contributed by atoms with van der Waals surface area (Å²) in [5.41, 5.74) is 0. The normalized spacial score (nSPS) is 20.9. The van der Waals surface area contributed by atoms with E-state index in [2.05, 4.69) is 6.58 Å². The molecule has 0 N–H and O–H groups in total. The molecule has 7 nitrogen and oxygen atoms in total. The highest BCUT2D eigenvalue weighted by Gasteiger charge is 2.35. The summed E-state index contributed by atoms with van der Waals surface area (Å²) in [5, 5.41) is 0. The molecule has 1 amide bonds. The van der Waals surface area contributed by atoms with Crippen LogP contribution in [0.25, 0.3) is 0 Å². The van der Waals surface area contributed by atoms with E-state index in [0.29, 0.717) is 24.5 Å². The second kappa shape index (κ2) is 6.45. The molecule has 0 aromatic heterocycles. The summed E-state index contributed by atoms with van der Waals surface area (Å²) in [4.78, 5) is 13.8. The van der Waals surface area contributed by atoms with Crippen molar-refractivity contribution in [1.29, 1.82) is 0 Å². The third-order valence-electron chi connectivity index (χ3n) is 4.36. The maximum absolute atomic E-state index is 12.9. The molecular weight excluding hydrogens is 332 g/mol. The predicted molar refractivity (Wildman–Crippen MR) is 87.3 cm³/mol. The molecule has 2 heterocycles. The molecule has 0 aliphatic carbocycles. The minimum Gasteiger partial charge on any atom is -0.454 e. The fourth-order valence-corrected chi connectivity index (χ4v) is 4.47. The van der Waals surface area contributed by atoms with Crippen molar-refractivity contribution in [3.63, 3.8) is 0 Å². The number of hydrogen-bond acceptors (Lipinski definition) is 5. The maximum atomic E-state index is 12.9. The molecule has 0 bridgehead atoms. The van der Waals surface area contributed by atoms with Gasteiger partial charge in [-0.15, -0.1) is 0 Å². The van der Waals surface area contributed by atoms with Gasteiger partial charge in [0.15, 0.2) is 11.5 Å². The SMILES string of the molecule is C=CC(=O)N1CCN(S(=O)(=O)c2ccc3c(c2)OCO3)C[C@@H]1CC. The van der Waals surface area contributed by atoms with Crippen LogP contribution in [0.3, 0.4) is 0 Å². The molecule has 0 saturated carbocycles. The molecular formula is C16H20N2O5S. The highest BCUT2D eigenvalue weighted by atomic mass is 32.2. The van der Waals surface area contributed by atoms with Gasteiger partial charge in [-0.3, -0.25) is 4.79 Å². The highest BCUT2D eigenvalue weighted by molar-refractivity contribution is 7.89. The number of nitrogens with zero attached hydrogens (tertiary/aromatic N) is 2. The van der Waals surface area contributed by atoms with Crippen LogP contribution in [0, 0.1) is 0 Å². The van der Waals surface area contributed by atoms with Crippen LogP contribution in [-0.4, -0.2) is 56.0 Å². The van der Waals surface area contributed by atoms with Crippen LogP contribution in [-0.2, 0) is 14.8 Å². The highest BCUT2D eigenvalue weighted by Crippen LogP contribution is 2.35. The number of amides is 1. The van der Waals surface area contributed by atoms with Crippen LogP contribution in [0.1, 0.15) is 13.3 Å². The van der Waals surface area contributed by atoms with Crippen molar-refractivity contribution in [2.45, 2.75) is 24.3 Å². The quantitative estimate of drug-likeness (QED) is 0.762. The fourth-order valence-electron chi connectivity index (χ4n) is 2.99. The van der Waals surface area contributed by atoms with Crippen molar-refractivity contribution in [3.05, 3.63) is 30.9 Å². The number of piperazine rings is 1. The predicted octanol–water partition coefficient (Wildman–Crippen LogP) is 1.21. The minimum absolute atomic E-state index is 0.0963. The topological polar surface area (TPSA) is 76.2 Å². The lowest BCUT2D eigenvalue weighted by atomic mass is 10.1. The summed E-state index contributed by atoms with van der Waals surface area (Å²) in [6.07, 6.45) is 1.94. The Labute approximate surface area is 141 Å². The molecule has 1 aromatic carbocycles. The number of benzene rings is 1. The molecule has 2 aliphatic rings. The average molecular weight is 352 g/mol. The first-order valence-corrected chi connectivity index (χ1v) is 9.24. The van der Waals surface area contributed by atoms with Crippen molar-refractivity contribution in [2.24, 2.45) is 0 Å². The van der Waals surface area contributed by atoms with E-state index < -0.39 is 10.0 Å². The van der Waals surface area contributed by atoms with Crippen LogP contribution < -0.4 is 9.47 Å². The van der Waals surface area contributed by atoms with Gasteiger partial charge in [-0.1, -0.05) is 13.5 Å². The zero-order valence-electron chi connectivity index (χ0n) is 13.5. The number of carbonyl (C=O) groups is 1. The number of rotatable bonds is 4. The van der Waals surface area contributed by atoms with Crippen LogP contribution in [0.4, 0.5) is 0 Å². The first-order chi connectivity index (χ1) is 11.5. The Morgan fingerprint density at radius 3 is 2.79 bits per heavy atom. The molecule has 1 aromatic rings. The first kappa shape index (κ1) is 16.8. The summed E-state index contributed by atoms with van der Waals surface area (Å²) < 4.78 is 37.7. The smallest absolute Gasteiger partial charge is 0.246 e. The van der Waals surface area contributed by atoms with Crippen molar-refractivity contribution >= 4 is 15.9 Å². The summed E-state index contributed by atoms with van der Waals surface area (Å²) >= 11 is 0. The van der Waals surface area contributed by atoms with Gasteiger partial charge in [-0.05, 0) is 24.6 Å². The largest absolute Gasteiger partial charge is 0.454 e. The molecule has 1 saturated heterocycles. The Kier molecular flexibility index (Phi) is 4.51. The molecule has 0 radical (unpaired) electrons. The summed E-state index contributed by atoms with van der Waals surface area (Å²) in [6, 6.07) is 4.45. The molecule has 2 aliphatic heterocycles. The molecule has 3 rings (SSSR count). The van der Waals surface area contributed by atoms with Gasteiger partial charge in [0, 0.05) is 31.7 Å². The molecule has 1 atom stereocenters. The molecule has 8 heteroatoms. The zero-order chi connectivity index (χ0) is 17.3. The Hall–Kier alpha value is -2.06. The van der Waals surface area contributed by atoms with Gasteiger partial charge < -0.3 is 14.4 Å². The minimum atomic E-state index is -3.65. The second-order valence-corrected chi connectivity index (χ2v) is 7.61. The monoisotopic (exact) mass is 352 g/mol. The van der Waals surface area contributed by atoms with E-state index in [1.165, 1.54) is 22.5 Å². The average Bonchev–Trinajstić information content (AvgIpc) is 3.08. The molecule has 1 fully saturated rings. The number of sulfonamides is 1. The van der Waals surface area contributed by atoms with Gasteiger partial charge >= 0.3 is 0 Å². The molecule has 0 unspecified atom stereocenters. The summed E-state index contributed by atoms with van der Waals surface area (Å²) in [7, 11) is -3.65. The van der Waals surface area contributed by atoms with Crippen molar-refractivity contribution in [1.82, 2.24) is 9.21 Å². The van der Waals surface area contributed by atoms with Gasteiger partial charge in [0.05, 0.1) is 4.90 Å². The maximum Gasteiger partial charge on any atom is 0.246 e.